The first-order valence-electron chi connectivity index (χ1n) is 7.77. The molecule has 1 aromatic heterocycles. The molecule has 0 radical (unpaired) electrons. The van der Waals surface area contributed by atoms with Crippen LogP contribution >= 0.6 is 0 Å². The maximum absolute atomic E-state index is 12.1. The standard InChI is InChI=1S/C16H22N2O3/c19-16(12-8-10-20-11-12)18-13-4-6-14(7-5-13)21-15-3-1-2-9-17-15/h1-3,9,12-14H,4-8,10-11H2,(H,18,19)/t12-,13?,14?/m0/s1. The molecule has 0 unspecified atom stereocenters. The normalized spacial score (nSPS) is 29.0. The minimum Gasteiger partial charge on any atom is -0.474 e. The number of aromatic nitrogens is 1. The third-order valence-electron chi connectivity index (χ3n) is 4.25. The molecule has 1 aliphatic heterocycles. The topological polar surface area (TPSA) is 60.5 Å². The lowest BCUT2D eigenvalue weighted by Gasteiger charge is -2.29. The molecule has 21 heavy (non-hydrogen) atoms. The van der Waals surface area contributed by atoms with Crippen LogP contribution in [0.25, 0.3) is 0 Å². The van der Waals surface area contributed by atoms with Crippen LogP contribution in [0.2, 0.25) is 0 Å². The van der Waals surface area contributed by atoms with E-state index in [1.165, 1.54) is 0 Å². The van der Waals surface area contributed by atoms with Crippen molar-refractivity contribution in [3.63, 3.8) is 0 Å². The average Bonchev–Trinajstić information content (AvgIpc) is 3.05. The van der Waals surface area contributed by atoms with Gasteiger partial charge in [-0.1, -0.05) is 6.07 Å². The van der Waals surface area contributed by atoms with Gasteiger partial charge in [-0.3, -0.25) is 4.79 Å². The quantitative estimate of drug-likeness (QED) is 0.920. The molecular formula is C16H22N2O3. The van der Waals surface area contributed by atoms with E-state index in [-0.39, 0.29) is 24.0 Å². The van der Waals surface area contributed by atoms with Crippen molar-refractivity contribution in [2.45, 2.75) is 44.2 Å². The molecule has 0 spiro atoms. The van der Waals surface area contributed by atoms with Crippen LogP contribution in [-0.4, -0.2) is 36.3 Å². The Balaban J connectivity index is 1.41. The first-order chi connectivity index (χ1) is 10.3. The van der Waals surface area contributed by atoms with Gasteiger partial charge in [-0.15, -0.1) is 0 Å². The molecule has 1 amide bonds. The summed E-state index contributed by atoms with van der Waals surface area (Å²) in [5.74, 6) is 0.891. The van der Waals surface area contributed by atoms with E-state index >= 15 is 0 Å². The van der Waals surface area contributed by atoms with Crippen molar-refractivity contribution in [1.29, 1.82) is 0 Å². The summed E-state index contributed by atoms with van der Waals surface area (Å²) >= 11 is 0. The zero-order valence-electron chi connectivity index (χ0n) is 12.2. The van der Waals surface area contributed by atoms with Gasteiger partial charge in [0.15, 0.2) is 0 Å². The highest BCUT2D eigenvalue weighted by atomic mass is 16.5. The minimum absolute atomic E-state index is 0.0486. The van der Waals surface area contributed by atoms with Crippen LogP contribution in [0.15, 0.2) is 24.4 Å². The summed E-state index contributed by atoms with van der Waals surface area (Å²) in [5, 5.41) is 3.16. The van der Waals surface area contributed by atoms with E-state index in [1.807, 2.05) is 18.2 Å². The smallest absolute Gasteiger partial charge is 0.225 e. The van der Waals surface area contributed by atoms with Crippen molar-refractivity contribution >= 4 is 5.91 Å². The average molecular weight is 290 g/mol. The highest BCUT2D eigenvalue weighted by molar-refractivity contribution is 5.79. The maximum atomic E-state index is 12.1. The molecule has 2 aliphatic rings. The number of nitrogens with one attached hydrogen (secondary N) is 1. The Hall–Kier alpha value is -1.62. The summed E-state index contributed by atoms with van der Waals surface area (Å²) in [6.45, 7) is 1.28. The second-order valence-electron chi connectivity index (χ2n) is 5.83. The van der Waals surface area contributed by atoms with Gasteiger partial charge in [-0.05, 0) is 38.2 Å². The number of nitrogens with zero attached hydrogens (tertiary/aromatic N) is 1. The van der Waals surface area contributed by atoms with Crippen molar-refractivity contribution in [2.75, 3.05) is 13.2 Å². The SMILES string of the molecule is O=C(NC1CCC(Oc2ccccn2)CC1)[C@H]1CCOC1. The van der Waals surface area contributed by atoms with E-state index in [1.54, 1.807) is 6.20 Å². The molecule has 1 saturated heterocycles. The van der Waals surface area contributed by atoms with Gasteiger partial charge in [0.05, 0.1) is 12.5 Å². The molecule has 1 N–H and O–H groups in total. The summed E-state index contributed by atoms with van der Waals surface area (Å²) in [7, 11) is 0. The zero-order valence-corrected chi connectivity index (χ0v) is 12.2. The van der Waals surface area contributed by atoms with Crippen molar-refractivity contribution in [3.05, 3.63) is 24.4 Å². The third kappa shape index (κ3) is 3.94. The van der Waals surface area contributed by atoms with E-state index in [0.29, 0.717) is 19.1 Å². The van der Waals surface area contributed by atoms with Crippen LogP contribution < -0.4 is 10.1 Å². The van der Waals surface area contributed by atoms with Crippen molar-refractivity contribution in [2.24, 2.45) is 5.92 Å². The Morgan fingerprint density at radius 1 is 1.24 bits per heavy atom. The summed E-state index contributed by atoms with van der Waals surface area (Å²) in [6.07, 6.45) is 6.66. The van der Waals surface area contributed by atoms with E-state index in [4.69, 9.17) is 9.47 Å². The summed E-state index contributed by atoms with van der Waals surface area (Å²) in [5.41, 5.74) is 0. The van der Waals surface area contributed by atoms with Crippen LogP contribution in [0.4, 0.5) is 0 Å². The summed E-state index contributed by atoms with van der Waals surface area (Å²) in [4.78, 5) is 16.2. The summed E-state index contributed by atoms with van der Waals surface area (Å²) < 4.78 is 11.1. The largest absolute Gasteiger partial charge is 0.474 e. The number of amides is 1. The number of rotatable bonds is 4. The van der Waals surface area contributed by atoms with Crippen LogP contribution in [0.1, 0.15) is 32.1 Å². The molecule has 1 aromatic rings. The number of hydrogen-bond acceptors (Lipinski definition) is 4. The van der Waals surface area contributed by atoms with E-state index in [2.05, 4.69) is 10.3 Å². The van der Waals surface area contributed by atoms with Gasteiger partial charge in [-0.25, -0.2) is 4.98 Å². The lowest BCUT2D eigenvalue weighted by molar-refractivity contribution is -0.126. The Morgan fingerprint density at radius 3 is 2.76 bits per heavy atom. The van der Waals surface area contributed by atoms with Gasteiger partial charge in [0, 0.05) is 24.9 Å². The predicted molar refractivity (Wildman–Crippen MR) is 78.0 cm³/mol. The van der Waals surface area contributed by atoms with Crippen molar-refractivity contribution in [3.8, 4) is 5.88 Å². The number of carbonyl (C=O) groups excluding carboxylic acids is 1. The highest BCUT2D eigenvalue weighted by Crippen LogP contribution is 2.23. The van der Waals surface area contributed by atoms with Crippen LogP contribution in [0, 0.1) is 5.92 Å². The van der Waals surface area contributed by atoms with Crippen LogP contribution in [0.3, 0.4) is 0 Å². The first kappa shape index (κ1) is 14.3. The molecule has 5 heteroatoms. The van der Waals surface area contributed by atoms with Gasteiger partial charge in [0.25, 0.3) is 0 Å². The van der Waals surface area contributed by atoms with E-state index < -0.39 is 0 Å². The Morgan fingerprint density at radius 2 is 2.10 bits per heavy atom. The minimum atomic E-state index is 0.0486. The molecule has 1 atom stereocenters. The fourth-order valence-corrected chi connectivity index (χ4v) is 2.97. The number of hydrogen-bond donors (Lipinski definition) is 1. The van der Waals surface area contributed by atoms with Crippen molar-refractivity contribution < 1.29 is 14.3 Å². The van der Waals surface area contributed by atoms with E-state index in [0.717, 1.165) is 32.1 Å². The molecule has 2 heterocycles. The Kier molecular flexibility index (Phi) is 4.70. The first-order valence-corrected chi connectivity index (χ1v) is 7.77. The molecule has 1 aliphatic carbocycles. The summed E-state index contributed by atoms with van der Waals surface area (Å²) in [6, 6.07) is 5.97. The van der Waals surface area contributed by atoms with Crippen molar-refractivity contribution in [1.82, 2.24) is 10.3 Å². The number of pyridine rings is 1. The molecule has 0 bridgehead atoms. The Bertz CT molecular complexity index is 452. The lowest BCUT2D eigenvalue weighted by Crippen LogP contribution is -2.42. The number of ether oxygens (including phenoxy) is 2. The Labute approximate surface area is 125 Å². The van der Waals surface area contributed by atoms with E-state index in [9.17, 15) is 4.79 Å². The second-order valence-corrected chi connectivity index (χ2v) is 5.83. The molecule has 114 valence electrons. The lowest BCUT2D eigenvalue weighted by atomic mass is 9.92. The van der Waals surface area contributed by atoms with Gasteiger partial charge in [-0.2, -0.15) is 0 Å². The fourth-order valence-electron chi connectivity index (χ4n) is 2.97. The van der Waals surface area contributed by atoms with Gasteiger partial charge >= 0.3 is 0 Å². The van der Waals surface area contributed by atoms with Gasteiger partial charge in [0.1, 0.15) is 6.10 Å². The molecule has 5 nitrogen and oxygen atoms in total. The second kappa shape index (κ2) is 6.89. The van der Waals surface area contributed by atoms with Crippen LogP contribution in [0.5, 0.6) is 5.88 Å². The monoisotopic (exact) mass is 290 g/mol. The maximum Gasteiger partial charge on any atom is 0.225 e. The molecular weight excluding hydrogens is 268 g/mol. The highest BCUT2D eigenvalue weighted by Gasteiger charge is 2.28. The molecule has 3 rings (SSSR count). The fraction of sp³-hybridized carbons (Fsp3) is 0.625. The van der Waals surface area contributed by atoms with Gasteiger partial charge in [0.2, 0.25) is 11.8 Å². The third-order valence-corrected chi connectivity index (χ3v) is 4.25. The zero-order chi connectivity index (χ0) is 14.5. The molecule has 1 saturated carbocycles. The molecule has 2 fully saturated rings. The van der Waals surface area contributed by atoms with Crippen LogP contribution in [-0.2, 0) is 9.53 Å². The number of carbonyl (C=O) groups is 1. The predicted octanol–water partition coefficient (Wildman–Crippen LogP) is 1.92. The molecule has 0 aromatic carbocycles. The van der Waals surface area contributed by atoms with Gasteiger partial charge < -0.3 is 14.8 Å².